The van der Waals surface area contributed by atoms with E-state index in [-0.39, 0.29) is 26.4 Å². The summed E-state index contributed by atoms with van der Waals surface area (Å²) in [5.74, 6) is 5.88. The number of H-pyrrole nitrogens is 4. The first-order chi connectivity index (χ1) is 67.9. The summed E-state index contributed by atoms with van der Waals surface area (Å²) in [6.07, 6.45) is 23.9. The van der Waals surface area contributed by atoms with Gasteiger partial charge in [-0.25, -0.2) is 39.9 Å². The first-order valence-electron chi connectivity index (χ1n) is 46.8. The van der Waals surface area contributed by atoms with Crippen LogP contribution in [0.4, 0.5) is 22.7 Å². The quantitative estimate of drug-likeness (QED) is 0.0285. The molecule has 4 N–H and O–H groups in total. The predicted molar refractivity (Wildman–Crippen MR) is 548 cm³/mol. The second-order valence-electron chi connectivity index (χ2n) is 33.4. The maximum atomic E-state index is 6.75. The lowest BCUT2D eigenvalue weighted by Crippen LogP contribution is -2.14. The van der Waals surface area contributed by atoms with Crippen LogP contribution in [-0.2, 0) is 37.9 Å². The van der Waals surface area contributed by atoms with Gasteiger partial charge < -0.3 is 86.6 Å². The molecule has 138 heavy (non-hydrogen) atoms. The lowest BCUT2D eigenvalue weighted by Gasteiger charge is -2.30. The number of nitrogens with one attached hydrogen (secondary N) is 4. The Morgan fingerprint density at radius 1 is 0.232 bits per heavy atom. The Bertz CT molecular complexity index is 6930. The van der Waals surface area contributed by atoms with E-state index in [9.17, 15) is 0 Å². The molecule has 26 nitrogen and oxygen atoms in total. The summed E-state index contributed by atoms with van der Waals surface area (Å²) in [6, 6.07) is 60.1. The fourth-order valence-electron chi connectivity index (χ4n) is 17.8. The Morgan fingerprint density at radius 2 is 0.493 bits per heavy atom. The van der Waals surface area contributed by atoms with Gasteiger partial charge in [-0.1, -0.05) is 47.8 Å². The van der Waals surface area contributed by atoms with Gasteiger partial charge in [0, 0.05) is 93.4 Å². The van der Waals surface area contributed by atoms with Crippen LogP contribution in [0.1, 0.15) is 96.8 Å². The molecule has 0 saturated carbocycles. The van der Waals surface area contributed by atoms with Crippen LogP contribution in [0.25, 0.3) is 184 Å². The van der Waals surface area contributed by atoms with E-state index >= 15 is 0 Å². The molecule has 0 unspecified atom stereocenters. The molecular weight excluding hydrogens is 1770 g/mol. The van der Waals surface area contributed by atoms with Crippen LogP contribution in [-0.4, -0.2) is 206 Å². The van der Waals surface area contributed by atoms with Crippen LogP contribution in [0.15, 0.2) is 189 Å². The van der Waals surface area contributed by atoms with Gasteiger partial charge in [0.1, 0.15) is 84.0 Å². The van der Waals surface area contributed by atoms with Gasteiger partial charge in [0.25, 0.3) is 0 Å². The Balaban J connectivity index is 0.747. The van der Waals surface area contributed by atoms with E-state index < -0.39 is 0 Å². The SMILES string of the molecule is CCOCCOCCOc1cc2cc(c1)-c1c3nc(nc4ccc([nH]4)c(c4nc([nH]c5nc1C=C5)C=C4)-c1cc(OCCOCCOCC)cc(c1)-c1ccc4c(c1)Sc1cc(ccc1N4C)-c1cc(OCCOCCOCC)cc(c1)-c1c4nc([nH]c5nc(c(c6nc(nc7ccc1[nH]7)C=C6)-c1cc(OCCOCCOCC)cc(c1)-c1ccc6c(c1)Sc1cc-2ccc1N6C)C=C5)C=C4)C=C3. The van der Waals surface area contributed by atoms with E-state index in [2.05, 4.69) is 189 Å². The highest BCUT2D eigenvalue weighted by Crippen LogP contribution is 2.54. The summed E-state index contributed by atoms with van der Waals surface area (Å²) >= 11 is 3.45. The number of aromatic nitrogens is 12. The van der Waals surface area contributed by atoms with Crippen LogP contribution in [0.5, 0.6) is 23.0 Å². The third kappa shape index (κ3) is 20.1. The smallest absolute Gasteiger partial charge is 0.155 e. The van der Waals surface area contributed by atoms with Crippen LogP contribution >= 0.6 is 23.5 Å². The Morgan fingerprint density at radius 3 is 0.797 bits per heavy atom. The van der Waals surface area contributed by atoms with E-state index in [4.69, 9.17) is 96.7 Å². The zero-order chi connectivity index (χ0) is 93.4. The van der Waals surface area contributed by atoms with Gasteiger partial charge in [-0.2, -0.15) is 0 Å². The van der Waals surface area contributed by atoms with Crippen LogP contribution in [0.2, 0.25) is 0 Å². The van der Waals surface area contributed by atoms with Crippen molar-refractivity contribution in [1.82, 2.24) is 59.8 Å². The number of nitrogens with zero attached hydrogens (tertiary/aromatic N) is 10. The number of hydrogen-bond acceptors (Lipinski definition) is 24. The third-order valence-corrected chi connectivity index (χ3v) is 26.5. The number of rotatable bonds is 32. The van der Waals surface area contributed by atoms with Gasteiger partial charge in [0.15, 0.2) is 11.6 Å². The standard InChI is InChI=1S/C110H102N14O12S2/c1-7-125-35-39-129-43-47-133-79-55-71-51-75(59-79)107-83-15-27-99(111-83)119-101-29-17-85(113-101)108(86-18-30-102(114-86)120-100-28-16-84(107)112-100)77-53-73(57-81(61-77)135-49-45-131-41-37-127-9-3)69-13-25-93-97(65-69)138-98-66-70(14-26-94(98)124(93)6)74-54-78(62-82(58-74)136-50-46-132-42-38-128-10-4)110-89-21-33-105(117-89)121-103-31-19-87(115-103)109(88-20-32-104(116-88)122-106-34-22-90(110)118-106)76-52-72(56-80(60-76)134-48-44-130-40-36-126-8-2)68-12-24-92-96(64-68)137-95-63-67(71)11-23-91(95)123(92)5/h11-34,51-66H,7-10,35-50H2,1-6H3,(H,111,113,119)(H,112,114,120)(H,115,117,121)(H,116,118,122). The van der Waals surface area contributed by atoms with Crippen molar-refractivity contribution in [2.24, 2.45) is 0 Å². The predicted octanol–water partition coefficient (Wildman–Crippen LogP) is 22.8. The molecule has 0 saturated heterocycles. The largest absolute Gasteiger partial charge is 0.491 e. The van der Waals surface area contributed by atoms with E-state index in [1.165, 1.54) is 0 Å². The molecule has 28 heteroatoms. The highest BCUT2D eigenvalue weighted by Gasteiger charge is 2.29. The van der Waals surface area contributed by atoms with Gasteiger partial charge in [0.2, 0.25) is 0 Å². The van der Waals surface area contributed by atoms with Crippen molar-refractivity contribution in [3.05, 3.63) is 239 Å². The molecule has 12 aromatic rings. The van der Waals surface area contributed by atoms with E-state index in [0.717, 1.165) is 142 Å². The maximum Gasteiger partial charge on any atom is 0.155 e. The summed E-state index contributed by atoms with van der Waals surface area (Å²) in [7, 11) is 4.25. The van der Waals surface area contributed by atoms with Crippen LogP contribution < -0.4 is 28.7 Å². The summed E-state index contributed by atoms with van der Waals surface area (Å²) < 4.78 is 73.6. The first-order valence-corrected chi connectivity index (χ1v) is 48.4. The molecule has 0 spiro atoms. The molecule has 24 rings (SSSR count). The minimum Gasteiger partial charge on any atom is -0.491 e. The van der Waals surface area contributed by atoms with Crippen molar-refractivity contribution in [2.45, 2.75) is 47.3 Å². The normalized spacial score (nSPS) is 13.1. The monoisotopic (exact) mass is 1870 g/mol. The summed E-state index contributed by atoms with van der Waals surface area (Å²) in [5.41, 5.74) is 25.0. The Labute approximate surface area is 807 Å². The average molecular weight is 1880 g/mol. The summed E-state index contributed by atoms with van der Waals surface area (Å²) in [6.45, 7) is 16.6. The molecule has 0 amide bonds. The molecule has 12 aliphatic rings. The minimum atomic E-state index is 0.283. The topological polar surface area (TPSA) is 284 Å². The van der Waals surface area contributed by atoms with Gasteiger partial charge in [-0.15, -0.1) is 0 Å². The fourth-order valence-corrected chi connectivity index (χ4v) is 20.3. The molecule has 12 aliphatic heterocycles. The average Bonchev–Trinajstić information content (AvgIpc) is 1.17. The molecule has 696 valence electrons. The van der Waals surface area contributed by atoms with Crippen molar-refractivity contribution in [3.63, 3.8) is 0 Å². The maximum absolute atomic E-state index is 6.75. The molecular formula is C110H102N14O12S2. The summed E-state index contributed by atoms with van der Waals surface area (Å²) in [4.78, 5) is 66.2. The zero-order valence-corrected chi connectivity index (χ0v) is 79.1. The van der Waals surface area contributed by atoms with E-state index in [1.54, 1.807) is 23.5 Å². The third-order valence-electron chi connectivity index (χ3n) is 24.3. The molecule has 0 aliphatic carbocycles. The second-order valence-corrected chi connectivity index (χ2v) is 35.6. The molecule has 0 atom stereocenters. The van der Waals surface area contributed by atoms with Crippen molar-refractivity contribution >= 4 is 142 Å². The van der Waals surface area contributed by atoms with Gasteiger partial charge in [-0.05, 0) is 313 Å². The van der Waals surface area contributed by atoms with Crippen LogP contribution in [0, 0.1) is 0 Å². The number of aromatic amines is 4. The molecule has 4 aromatic heterocycles. The second kappa shape index (κ2) is 41.4. The first kappa shape index (κ1) is 90.3. The number of anilines is 4. The lowest BCUT2D eigenvalue weighted by molar-refractivity contribution is 0.0405. The van der Waals surface area contributed by atoms with E-state index in [0.29, 0.717) is 209 Å². The van der Waals surface area contributed by atoms with Crippen molar-refractivity contribution in [1.29, 1.82) is 0 Å². The molecule has 36 bridgehead atoms. The van der Waals surface area contributed by atoms with Gasteiger partial charge in [-0.3, -0.25) is 0 Å². The lowest BCUT2D eigenvalue weighted by atomic mass is 9.96. The minimum absolute atomic E-state index is 0.283. The van der Waals surface area contributed by atoms with Gasteiger partial charge >= 0.3 is 0 Å². The molecule has 0 radical (unpaired) electrons. The zero-order valence-electron chi connectivity index (χ0n) is 77.4. The number of benzene rings is 8. The van der Waals surface area contributed by atoms with Crippen molar-refractivity contribution < 1.29 is 56.8 Å². The van der Waals surface area contributed by atoms with Crippen molar-refractivity contribution in [2.75, 3.05) is 156 Å². The highest BCUT2D eigenvalue weighted by molar-refractivity contribution is 8.00. The van der Waals surface area contributed by atoms with Crippen molar-refractivity contribution in [3.8, 4) is 112 Å². The Hall–Kier alpha value is -14.1. The Kier molecular flexibility index (Phi) is 27.1. The molecule has 0 fully saturated rings. The highest BCUT2D eigenvalue weighted by atomic mass is 32.2. The number of hydrogen-bond donors (Lipinski definition) is 4. The number of ether oxygens (including phenoxy) is 12. The van der Waals surface area contributed by atoms with E-state index in [1.807, 2.05) is 125 Å². The molecule has 16 heterocycles. The molecule has 8 aromatic carbocycles. The van der Waals surface area contributed by atoms with Crippen LogP contribution in [0.3, 0.4) is 0 Å². The summed E-state index contributed by atoms with van der Waals surface area (Å²) in [5, 5.41) is 0. The van der Waals surface area contributed by atoms with Gasteiger partial charge in [0.05, 0.1) is 136 Å². The fraction of sp³-hybridized carbons (Fsp3) is 0.236.